The molecule has 3 aliphatic rings. The van der Waals surface area contributed by atoms with E-state index in [-0.39, 0.29) is 29.8 Å². The van der Waals surface area contributed by atoms with Gasteiger partial charge in [0.05, 0.1) is 19.1 Å². The molecule has 3 saturated heterocycles. The number of pyridine rings is 2. The first-order valence-corrected chi connectivity index (χ1v) is 12.7. The second-order valence-electron chi connectivity index (χ2n) is 8.49. The van der Waals surface area contributed by atoms with Crippen LogP contribution in [0.5, 0.6) is 0 Å². The van der Waals surface area contributed by atoms with Crippen molar-refractivity contribution in [3.8, 4) is 0 Å². The molecule has 0 aromatic carbocycles. The molecule has 0 aliphatic carbocycles. The first-order chi connectivity index (χ1) is 16.0. The van der Waals surface area contributed by atoms with Gasteiger partial charge in [-0.1, -0.05) is 0 Å². The molecule has 33 heavy (non-hydrogen) atoms. The summed E-state index contributed by atoms with van der Waals surface area (Å²) in [7, 11) is -3.65. The Morgan fingerprint density at radius 1 is 0.909 bits per heavy atom. The molecule has 0 saturated carbocycles. The van der Waals surface area contributed by atoms with Crippen molar-refractivity contribution in [2.24, 2.45) is 5.92 Å². The fourth-order valence-corrected chi connectivity index (χ4v) is 5.92. The van der Waals surface area contributed by atoms with Gasteiger partial charge in [-0.3, -0.25) is 9.78 Å². The molecule has 0 N–H and O–H groups in total. The van der Waals surface area contributed by atoms with Crippen LogP contribution in [-0.2, 0) is 19.6 Å². The highest BCUT2D eigenvalue weighted by molar-refractivity contribution is 7.89. The van der Waals surface area contributed by atoms with Gasteiger partial charge in [-0.25, -0.2) is 13.4 Å². The summed E-state index contributed by atoms with van der Waals surface area (Å²) in [5, 5.41) is 0. The zero-order valence-corrected chi connectivity index (χ0v) is 19.2. The summed E-state index contributed by atoms with van der Waals surface area (Å²) >= 11 is 0. The fourth-order valence-electron chi connectivity index (χ4n) is 4.44. The molecule has 3 fully saturated rings. The highest BCUT2D eigenvalue weighted by Gasteiger charge is 2.42. The van der Waals surface area contributed by atoms with Crippen molar-refractivity contribution in [3.05, 3.63) is 42.9 Å². The lowest BCUT2D eigenvalue weighted by molar-refractivity contribution is -0.139. The molecule has 10 nitrogen and oxygen atoms in total. The van der Waals surface area contributed by atoms with E-state index in [1.54, 1.807) is 24.5 Å². The summed E-state index contributed by atoms with van der Waals surface area (Å²) in [6.07, 6.45) is 4.94. The van der Waals surface area contributed by atoms with Gasteiger partial charge in [0.2, 0.25) is 15.9 Å². The maximum atomic E-state index is 13.0. The number of nitrogens with zero attached hydrogens (tertiary/aromatic N) is 6. The Bertz CT molecular complexity index is 1060. The van der Waals surface area contributed by atoms with Gasteiger partial charge in [0.1, 0.15) is 10.7 Å². The predicted octanol–water partition coefficient (Wildman–Crippen LogP) is 0.283. The van der Waals surface area contributed by atoms with E-state index in [9.17, 15) is 13.2 Å². The number of amides is 1. The van der Waals surface area contributed by atoms with Gasteiger partial charge in [-0.15, -0.1) is 0 Å². The van der Waals surface area contributed by atoms with Crippen LogP contribution in [0.25, 0.3) is 0 Å². The van der Waals surface area contributed by atoms with Crippen molar-refractivity contribution < 1.29 is 17.9 Å². The second-order valence-corrected chi connectivity index (χ2v) is 10.4. The Kier molecular flexibility index (Phi) is 6.17. The molecule has 2 aromatic heterocycles. The first kappa shape index (κ1) is 22.1. The number of piperazine rings is 1. The summed E-state index contributed by atoms with van der Waals surface area (Å²) < 4.78 is 32.6. The van der Waals surface area contributed by atoms with Crippen LogP contribution < -0.4 is 9.80 Å². The summed E-state index contributed by atoms with van der Waals surface area (Å²) in [6.45, 7) is 5.99. The third-order valence-electron chi connectivity index (χ3n) is 6.51. The summed E-state index contributed by atoms with van der Waals surface area (Å²) in [5.74, 6) is 0.504. The SMILES string of the molecule is O=C(C1CN(S(=O)(=O)c2ccc(N3CCOCC3)nc2)C1)N1CCN(c2ccncc2)CC1. The van der Waals surface area contributed by atoms with Crippen molar-refractivity contribution in [1.29, 1.82) is 0 Å². The second kappa shape index (κ2) is 9.24. The minimum Gasteiger partial charge on any atom is -0.378 e. The van der Waals surface area contributed by atoms with Crippen LogP contribution in [0.15, 0.2) is 47.8 Å². The molecule has 0 unspecified atom stereocenters. The smallest absolute Gasteiger partial charge is 0.244 e. The van der Waals surface area contributed by atoms with Crippen molar-refractivity contribution in [3.63, 3.8) is 0 Å². The monoisotopic (exact) mass is 472 g/mol. The van der Waals surface area contributed by atoms with Crippen LogP contribution in [0.4, 0.5) is 11.5 Å². The molecule has 3 aliphatic heterocycles. The number of carbonyl (C=O) groups is 1. The third kappa shape index (κ3) is 4.53. The average Bonchev–Trinajstić information content (AvgIpc) is 2.84. The van der Waals surface area contributed by atoms with E-state index in [0.717, 1.165) is 37.7 Å². The zero-order chi connectivity index (χ0) is 22.8. The quantitative estimate of drug-likeness (QED) is 0.612. The molecule has 2 aromatic rings. The Morgan fingerprint density at radius 3 is 2.24 bits per heavy atom. The van der Waals surface area contributed by atoms with E-state index in [2.05, 4.69) is 19.8 Å². The molecule has 1 amide bonds. The maximum Gasteiger partial charge on any atom is 0.244 e. The van der Waals surface area contributed by atoms with Crippen molar-refractivity contribution in [1.82, 2.24) is 19.2 Å². The predicted molar refractivity (Wildman–Crippen MR) is 123 cm³/mol. The molecular formula is C22H28N6O4S. The molecule has 176 valence electrons. The molecule has 0 bridgehead atoms. The first-order valence-electron chi connectivity index (χ1n) is 11.2. The summed E-state index contributed by atoms with van der Waals surface area (Å²) in [4.78, 5) is 27.6. The van der Waals surface area contributed by atoms with Crippen LogP contribution in [0, 0.1) is 5.92 Å². The van der Waals surface area contributed by atoms with Crippen molar-refractivity contribution in [2.75, 3.05) is 75.4 Å². The molecule has 0 radical (unpaired) electrons. The molecule has 5 heterocycles. The van der Waals surface area contributed by atoms with E-state index in [4.69, 9.17) is 4.74 Å². The molecule has 5 rings (SSSR count). The van der Waals surface area contributed by atoms with Crippen LogP contribution in [0.2, 0.25) is 0 Å². The average molecular weight is 473 g/mol. The maximum absolute atomic E-state index is 13.0. The van der Waals surface area contributed by atoms with Gasteiger partial charge >= 0.3 is 0 Å². The lowest BCUT2D eigenvalue weighted by atomic mass is 10.0. The Hall–Kier alpha value is -2.76. The summed E-state index contributed by atoms with van der Waals surface area (Å²) in [5.41, 5.74) is 1.10. The minimum atomic E-state index is -3.65. The lowest BCUT2D eigenvalue weighted by Crippen LogP contribution is -2.59. The van der Waals surface area contributed by atoms with Gasteiger partial charge in [0.15, 0.2) is 0 Å². The highest BCUT2D eigenvalue weighted by atomic mass is 32.2. The summed E-state index contributed by atoms with van der Waals surface area (Å²) in [6, 6.07) is 7.27. The molecule has 0 spiro atoms. The highest BCUT2D eigenvalue weighted by Crippen LogP contribution is 2.27. The number of anilines is 2. The third-order valence-corrected chi connectivity index (χ3v) is 8.33. The van der Waals surface area contributed by atoms with Gasteiger partial charge in [-0.2, -0.15) is 4.31 Å². The number of carbonyl (C=O) groups excluding carboxylic acids is 1. The van der Waals surface area contributed by atoms with Crippen LogP contribution >= 0.6 is 0 Å². The van der Waals surface area contributed by atoms with E-state index in [1.807, 2.05) is 17.0 Å². The molecule has 11 heteroatoms. The van der Waals surface area contributed by atoms with Crippen LogP contribution in [0.1, 0.15) is 0 Å². The van der Waals surface area contributed by atoms with E-state index < -0.39 is 10.0 Å². The number of sulfonamides is 1. The van der Waals surface area contributed by atoms with Gasteiger partial charge < -0.3 is 19.4 Å². The standard InChI is InChI=1S/C22H28N6O4S/c29-22(27-9-7-25(8-10-27)19-3-5-23-6-4-19)18-16-28(17-18)33(30,31)20-1-2-21(24-15-20)26-11-13-32-14-12-26/h1-6,15,18H,7-14,16-17H2. The number of rotatable bonds is 5. The minimum absolute atomic E-state index is 0.0385. The Morgan fingerprint density at radius 2 is 1.61 bits per heavy atom. The van der Waals surface area contributed by atoms with E-state index in [0.29, 0.717) is 26.3 Å². The Labute approximate surface area is 193 Å². The number of aromatic nitrogens is 2. The van der Waals surface area contributed by atoms with E-state index >= 15 is 0 Å². The zero-order valence-electron chi connectivity index (χ0n) is 18.4. The van der Waals surface area contributed by atoms with Gasteiger partial charge in [0.25, 0.3) is 0 Å². The van der Waals surface area contributed by atoms with Crippen molar-refractivity contribution >= 4 is 27.4 Å². The van der Waals surface area contributed by atoms with Gasteiger partial charge in [-0.05, 0) is 24.3 Å². The number of hydrogen-bond acceptors (Lipinski definition) is 8. The lowest BCUT2D eigenvalue weighted by Gasteiger charge is -2.42. The largest absolute Gasteiger partial charge is 0.378 e. The topological polar surface area (TPSA) is 99.2 Å². The normalized spacial score (nSPS) is 20.5. The Balaban J connectivity index is 1.14. The molecular weight excluding hydrogens is 444 g/mol. The number of hydrogen-bond donors (Lipinski definition) is 0. The van der Waals surface area contributed by atoms with Crippen LogP contribution in [0.3, 0.4) is 0 Å². The van der Waals surface area contributed by atoms with Gasteiger partial charge in [0, 0.05) is 76.6 Å². The fraction of sp³-hybridized carbons (Fsp3) is 0.500. The number of ether oxygens (including phenoxy) is 1. The van der Waals surface area contributed by atoms with E-state index in [1.165, 1.54) is 10.5 Å². The number of morpholine rings is 1. The molecule has 0 atom stereocenters. The van der Waals surface area contributed by atoms with Crippen LogP contribution in [-0.4, -0.2) is 99.1 Å². The van der Waals surface area contributed by atoms with Crippen molar-refractivity contribution in [2.45, 2.75) is 4.90 Å².